The molecule has 20 heavy (non-hydrogen) atoms. The highest BCUT2D eigenvalue weighted by atomic mass is 32.1. The van der Waals surface area contributed by atoms with E-state index in [4.69, 9.17) is 22.7 Å². The lowest BCUT2D eigenvalue weighted by atomic mass is 9.62. The van der Waals surface area contributed by atoms with Crippen LogP contribution in [0.4, 0.5) is 10.1 Å². The molecule has 2 rings (SSSR count). The summed E-state index contributed by atoms with van der Waals surface area (Å²) in [6, 6.07) is 3.93. The molecule has 1 fully saturated rings. The van der Waals surface area contributed by atoms with Gasteiger partial charge in [-0.2, -0.15) is 0 Å². The number of hydrogen-bond donors (Lipinski definition) is 2. The van der Waals surface area contributed by atoms with E-state index in [0.29, 0.717) is 24.4 Å². The van der Waals surface area contributed by atoms with Gasteiger partial charge in [0.05, 0.1) is 23.2 Å². The van der Waals surface area contributed by atoms with E-state index < -0.39 is 11.2 Å². The van der Waals surface area contributed by atoms with Crippen LogP contribution in [-0.4, -0.2) is 18.0 Å². The summed E-state index contributed by atoms with van der Waals surface area (Å²) >= 11 is 5.03. The average Bonchev–Trinajstić information content (AvgIpc) is 2.36. The first-order valence-electron chi connectivity index (χ1n) is 6.34. The van der Waals surface area contributed by atoms with Crippen LogP contribution in [0.25, 0.3) is 0 Å². The molecule has 0 radical (unpaired) electrons. The molecule has 0 aliphatic heterocycles. The van der Waals surface area contributed by atoms with Gasteiger partial charge in [-0.1, -0.05) is 19.1 Å². The van der Waals surface area contributed by atoms with Crippen molar-refractivity contribution >= 4 is 28.8 Å². The molecule has 0 spiro atoms. The number of thiocarbonyl (C=S) groups is 1. The summed E-state index contributed by atoms with van der Waals surface area (Å²) in [6.07, 6.45) is 1.27. The molecule has 1 aromatic carbocycles. The average molecular weight is 296 g/mol. The minimum Gasteiger partial charge on any atom is -0.494 e. The topological polar surface area (TPSA) is 64.3 Å². The number of amides is 1. The molecule has 0 bridgehead atoms. The maximum absolute atomic E-state index is 13.1. The van der Waals surface area contributed by atoms with E-state index in [0.717, 1.165) is 0 Å². The standard InChI is InChI=1S/C14H17FN2O2S/c1-8-6-14(7-8,12(16)20)13(18)17-10-4-3-9(15)5-11(10)19-2/h3-5,8H,6-7H2,1-2H3,(H2,16,20)(H,17,18). The summed E-state index contributed by atoms with van der Waals surface area (Å²) in [6.45, 7) is 2.04. The molecule has 1 amide bonds. The maximum Gasteiger partial charge on any atom is 0.237 e. The van der Waals surface area contributed by atoms with E-state index in [1.807, 2.05) is 6.92 Å². The zero-order chi connectivity index (χ0) is 14.9. The van der Waals surface area contributed by atoms with Crippen LogP contribution in [0, 0.1) is 17.2 Å². The smallest absolute Gasteiger partial charge is 0.237 e. The second kappa shape index (κ2) is 5.36. The lowest BCUT2D eigenvalue weighted by Crippen LogP contribution is -2.53. The van der Waals surface area contributed by atoms with E-state index in [1.165, 1.54) is 25.3 Å². The largest absolute Gasteiger partial charge is 0.494 e. The normalized spacial score (nSPS) is 24.6. The van der Waals surface area contributed by atoms with E-state index in [9.17, 15) is 9.18 Å². The van der Waals surface area contributed by atoms with Crippen molar-refractivity contribution in [1.82, 2.24) is 0 Å². The van der Waals surface area contributed by atoms with E-state index in [2.05, 4.69) is 5.32 Å². The number of benzene rings is 1. The number of rotatable bonds is 4. The van der Waals surface area contributed by atoms with Crippen LogP contribution in [0.15, 0.2) is 18.2 Å². The Morgan fingerprint density at radius 1 is 1.55 bits per heavy atom. The van der Waals surface area contributed by atoms with Crippen LogP contribution >= 0.6 is 12.2 Å². The highest BCUT2D eigenvalue weighted by molar-refractivity contribution is 7.80. The van der Waals surface area contributed by atoms with Crippen LogP contribution in [0.5, 0.6) is 5.75 Å². The minimum absolute atomic E-state index is 0.203. The van der Waals surface area contributed by atoms with Gasteiger partial charge in [0, 0.05) is 6.07 Å². The number of hydrogen-bond acceptors (Lipinski definition) is 3. The monoisotopic (exact) mass is 296 g/mol. The van der Waals surface area contributed by atoms with Gasteiger partial charge >= 0.3 is 0 Å². The molecule has 0 aromatic heterocycles. The molecule has 0 unspecified atom stereocenters. The fraction of sp³-hybridized carbons (Fsp3) is 0.429. The second-order valence-corrected chi connectivity index (χ2v) is 5.70. The first-order valence-corrected chi connectivity index (χ1v) is 6.75. The van der Waals surface area contributed by atoms with E-state index in [-0.39, 0.29) is 16.6 Å². The van der Waals surface area contributed by atoms with Crippen molar-refractivity contribution in [3.8, 4) is 5.75 Å². The maximum atomic E-state index is 13.1. The number of nitrogens with two attached hydrogens (primary N) is 1. The number of carbonyl (C=O) groups excluding carboxylic acids is 1. The molecule has 1 aliphatic rings. The number of halogens is 1. The molecule has 4 nitrogen and oxygen atoms in total. The second-order valence-electron chi connectivity index (χ2n) is 5.26. The van der Waals surface area contributed by atoms with Gasteiger partial charge in [-0.15, -0.1) is 0 Å². The number of ether oxygens (including phenoxy) is 1. The molecular formula is C14H17FN2O2S. The van der Waals surface area contributed by atoms with Gasteiger partial charge in [0.25, 0.3) is 0 Å². The van der Waals surface area contributed by atoms with Crippen molar-refractivity contribution in [3.05, 3.63) is 24.0 Å². The summed E-state index contributed by atoms with van der Waals surface area (Å²) in [5, 5.41) is 2.74. The van der Waals surface area contributed by atoms with Gasteiger partial charge < -0.3 is 15.8 Å². The highest BCUT2D eigenvalue weighted by Gasteiger charge is 2.51. The molecule has 1 aromatic rings. The SMILES string of the molecule is COc1cc(F)ccc1NC(=O)C1(C(N)=S)CC(C)C1. The van der Waals surface area contributed by atoms with Crippen molar-refractivity contribution in [1.29, 1.82) is 0 Å². The predicted molar refractivity (Wildman–Crippen MR) is 79.2 cm³/mol. The Kier molecular flexibility index (Phi) is 3.94. The molecule has 1 aliphatic carbocycles. The zero-order valence-electron chi connectivity index (χ0n) is 11.4. The third kappa shape index (κ3) is 2.47. The summed E-state index contributed by atoms with van der Waals surface area (Å²) < 4.78 is 18.2. The summed E-state index contributed by atoms with van der Waals surface area (Å²) in [5.41, 5.74) is 5.34. The third-order valence-electron chi connectivity index (χ3n) is 3.71. The molecule has 0 heterocycles. The van der Waals surface area contributed by atoms with Gasteiger partial charge in [0.2, 0.25) is 5.91 Å². The molecule has 1 saturated carbocycles. The number of carbonyl (C=O) groups is 1. The molecule has 108 valence electrons. The van der Waals surface area contributed by atoms with Crippen molar-refractivity contribution in [2.75, 3.05) is 12.4 Å². The van der Waals surface area contributed by atoms with E-state index in [1.54, 1.807) is 0 Å². The van der Waals surface area contributed by atoms with Crippen LogP contribution in [0.2, 0.25) is 0 Å². The van der Waals surface area contributed by atoms with Gasteiger partial charge in [0.1, 0.15) is 11.6 Å². The quantitative estimate of drug-likeness (QED) is 0.838. The summed E-state index contributed by atoms with van der Waals surface area (Å²) in [5.74, 6) is -0.00430. The van der Waals surface area contributed by atoms with Crippen LogP contribution in [-0.2, 0) is 4.79 Å². The Morgan fingerprint density at radius 3 is 2.70 bits per heavy atom. The molecule has 0 saturated heterocycles. The van der Waals surface area contributed by atoms with Crippen molar-refractivity contribution in [3.63, 3.8) is 0 Å². The summed E-state index contributed by atoms with van der Waals surface area (Å²) in [4.78, 5) is 12.6. The Morgan fingerprint density at radius 2 is 2.20 bits per heavy atom. The molecule has 6 heteroatoms. The lowest BCUT2D eigenvalue weighted by molar-refractivity contribution is -0.127. The fourth-order valence-electron chi connectivity index (χ4n) is 2.64. The van der Waals surface area contributed by atoms with Crippen molar-refractivity contribution < 1.29 is 13.9 Å². The minimum atomic E-state index is -0.797. The van der Waals surface area contributed by atoms with Gasteiger partial charge in [-0.05, 0) is 30.9 Å². The van der Waals surface area contributed by atoms with E-state index >= 15 is 0 Å². The number of nitrogens with one attached hydrogen (secondary N) is 1. The van der Waals surface area contributed by atoms with Gasteiger partial charge in [-0.3, -0.25) is 4.79 Å². The zero-order valence-corrected chi connectivity index (χ0v) is 12.2. The highest BCUT2D eigenvalue weighted by Crippen LogP contribution is 2.46. The third-order valence-corrected chi connectivity index (χ3v) is 4.10. The Hall–Kier alpha value is -1.69. The molecular weight excluding hydrogens is 279 g/mol. The molecule has 3 N–H and O–H groups in total. The fourth-order valence-corrected chi connectivity index (χ4v) is 2.90. The first-order chi connectivity index (χ1) is 9.39. The van der Waals surface area contributed by atoms with Gasteiger partial charge in [-0.25, -0.2) is 4.39 Å². The number of methoxy groups -OCH3 is 1. The van der Waals surface area contributed by atoms with Crippen LogP contribution < -0.4 is 15.8 Å². The Balaban J connectivity index is 2.21. The van der Waals surface area contributed by atoms with Crippen molar-refractivity contribution in [2.45, 2.75) is 19.8 Å². The van der Waals surface area contributed by atoms with Gasteiger partial charge in [0.15, 0.2) is 0 Å². The Labute approximate surface area is 122 Å². The van der Waals surface area contributed by atoms with Crippen molar-refractivity contribution in [2.24, 2.45) is 17.1 Å². The summed E-state index contributed by atoms with van der Waals surface area (Å²) in [7, 11) is 1.42. The van der Waals surface area contributed by atoms with Crippen LogP contribution in [0.1, 0.15) is 19.8 Å². The Bertz CT molecular complexity index is 556. The first kappa shape index (κ1) is 14.7. The predicted octanol–water partition coefficient (Wildman–Crippen LogP) is 2.48. The lowest BCUT2D eigenvalue weighted by Gasteiger charge is -2.44. The number of anilines is 1. The van der Waals surface area contributed by atoms with Crippen LogP contribution in [0.3, 0.4) is 0 Å². The molecule has 0 atom stereocenters.